The molecule has 88 valence electrons. The molecule has 0 atom stereocenters. The van der Waals surface area contributed by atoms with E-state index in [-0.39, 0.29) is 5.75 Å². The Morgan fingerprint density at radius 1 is 0.824 bits per heavy atom. The Morgan fingerprint density at radius 3 is 2.00 bits per heavy atom. The van der Waals surface area contributed by atoms with Gasteiger partial charge >= 0.3 is 0 Å². The SMILES string of the molecule is Cc1cc(O)c(C)c(C)c1-c1ccc(O)cc1. The molecule has 0 radical (unpaired) electrons. The number of benzene rings is 2. The molecule has 2 heteroatoms. The third-order valence-electron chi connectivity index (χ3n) is 3.23. The second-order valence-corrected chi connectivity index (χ2v) is 4.38. The highest BCUT2D eigenvalue weighted by molar-refractivity contribution is 5.74. The number of aromatic hydroxyl groups is 2. The van der Waals surface area contributed by atoms with Gasteiger partial charge in [0.2, 0.25) is 0 Å². The van der Waals surface area contributed by atoms with E-state index in [1.807, 2.05) is 32.9 Å². The molecule has 2 N–H and O–H groups in total. The Kier molecular flexibility index (Phi) is 2.80. The molecule has 0 heterocycles. The Hall–Kier alpha value is -1.96. The Bertz CT molecular complexity index is 554. The number of rotatable bonds is 1. The van der Waals surface area contributed by atoms with Crippen LogP contribution < -0.4 is 0 Å². The molecular formula is C15H16O2. The van der Waals surface area contributed by atoms with E-state index >= 15 is 0 Å². The summed E-state index contributed by atoms with van der Waals surface area (Å²) in [6.07, 6.45) is 0. The van der Waals surface area contributed by atoms with E-state index in [1.165, 1.54) is 0 Å². The fraction of sp³-hybridized carbons (Fsp3) is 0.200. The van der Waals surface area contributed by atoms with Gasteiger partial charge in [0, 0.05) is 0 Å². The van der Waals surface area contributed by atoms with Gasteiger partial charge in [-0.3, -0.25) is 0 Å². The first-order valence-corrected chi connectivity index (χ1v) is 5.60. The minimum atomic E-state index is 0.263. The van der Waals surface area contributed by atoms with Crippen LogP contribution in [0.15, 0.2) is 30.3 Å². The van der Waals surface area contributed by atoms with E-state index < -0.39 is 0 Å². The first-order chi connectivity index (χ1) is 8.00. The monoisotopic (exact) mass is 228 g/mol. The van der Waals surface area contributed by atoms with Gasteiger partial charge in [0.1, 0.15) is 11.5 Å². The maximum absolute atomic E-state index is 9.76. The lowest BCUT2D eigenvalue weighted by Gasteiger charge is -2.14. The van der Waals surface area contributed by atoms with Crippen LogP contribution in [-0.4, -0.2) is 10.2 Å². The second kappa shape index (κ2) is 4.13. The third kappa shape index (κ3) is 1.98. The lowest BCUT2D eigenvalue weighted by Crippen LogP contribution is -1.92. The maximum Gasteiger partial charge on any atom is 0.119 e. The summed E-state index contributed by atoms with van der Waals surface area (Å²) >= 11 is 0. The van der Waals surface area contributed by atoms with E-state index in [9.17, 15) is 10.2 Å². The summed E-state index contributed by atoms with van der Waals surface area (Å²) in [4.78, 5) is 0. The molecule has 0 spiro atoms. The Labute approximate surface area is 101 Å². The lowest BCUT2D eigenvalue weighted by atomic mass is 9.92. The van der Waals surface area contributed by atoms with Crippen LogP contribution >= 0.6 is 0 Å². The molecule has 0 aliphatic heterocycles. The van der Waals surface area contributed by atoms with Crippen LogP contribution in [-0.2, 0) is 0 Å². The van der Waals surface area contributed by atoms with Crippen LogP contribution in [0.5, 0.6) is 11.5 Å². The molecule has 17 heavy (non-hydrogen) atoms. The largest absolute Gasteiger partial charge is 0.508 e. The zero-order valence-electron chi connectivity index (χ0n) is 10.3. The molecule has 0 unspecified atom stereocenters. The summed E-state index contributed by atoms with van der Waals surface area (Å²) in [5.41, 5.74) is 5.20. The van der Waals surface area contributed by atoms with Crippen LogP contribution in [0.4, 0.5) is 0 Å². The molecule has 0 amide bonds. The van der Waals surface area contributed by atoms with Gasteiger partial charge in [-0.2, -0.15) is 0 Å². The fourth-order valence-electron chi connectivity index (χ4n) is 2.13. The van der Waals surface area contributed by atoms with Crippen molar-refractivity contribution in [2.75, 3.05) is 0 Å². The van der Waals surface area contributed by atoms with Crippen molar-refractivity contribution in [3.63, 3.8) is 0 Å². The Morgan fingerprint density at radius 2 is 1.41 bits per heavy atom. The summed E-state index contributed by atoms with van der Waals surface area (Å²) in [5.74, 6) is 0.599. The topological polar surface area (TPSA) is 40.5 Å². The molecule has 2 nitrogen and oxygen atoms in total. The van der Waals surface area contributed by atoms with Crippen molar-refractivity contribution in [1.29, 1.82) is 0 Å². The van der Waals surface area contributed by atoms with Gasteiger partial charge in [-0.05, 0) is 66.8 Å². The van der Waals surface area contributed by atoms with Crippen LogP contribution in [0.25, 0.3) is 11.1 Å². The summed E-state index contributed by atoms with van der Waals surface area (Å²) in [7, 11) is 0. The van der Waals surface area contributed by atoms with Crippen LogP contribution in [0.3, 0.4) is 0 Å². The van der Waals surface area contributed by atoms with Gasteiger partial charge in [0.05, 0.1) is 0 Å². The molecule has 0 aliphatic rings. The Balaban J connectivity index is 2.67. The summed E-state index contributed by atoms with van der Waals surface area (Å²) in [5, 5.41) is 19.1. The summed E-state index contributed by atoms with van der Waals surface area (Å²) in [6, 6.07) is 8.92. The van der Waals surface area contributed by atoms with Gasteiger partial charge < -0.3 is 10.2 Å². The number of hydrogen-bond acceptors (Lipinski definition) is 2. The minimum Gasteiger partial charge on any atom is -0.508 e. The predicted molar refractivity (Wildman–Crippen MR) is 69.4 cm³/mol. The molecule has 0 bridgehead atoms. The smallest absolute Gasteiger partial charge is 0.119 e. The highest BCUT2D eigenvalue weighted by Crippen LogP contribution is 2.34. The zero-order chi connectivity index (χ0) is 12.6. The maximum atomic E-state index is 9.76. The third-order valence-corrected chi connectivity index (χ3v) is 3.23. The summed E-state index contributed by atoms with van der Waals surface area (Å²) in [6.45, 7) is 5.90. The average molecular weight is 228 g/mol. The zero-order valence-corrected chi connectivity index (χ0v) is 10.3. The van der Waals surface area contributed by atoms with Gasteiger partial charge in [-0.1, -0.05) is 12.1 Å². The number of aryl methyl sites for hydroxylation is 1. The standard InChI is InChI=1S/C15H16O2/c1-9-8-14(17)10(2)11(3)15(9)12-4-6-13(16)7-5-12/h4-8,16-17H,1-3H3. The normalized spacial score (nSPS) is 10.5. The quantitative estimate of drug-likeness (QED) is 0.781. The van der Waals surface area contributed by atoms with E-state index in [0.717, 1.165) is 27.8 Å². The molecular weight excluding hydrogens is 212 g/mol. The first-order valence-electron chi connectivity index (χ1n) is 5.60. The molecule has 0 saturated heterocycles. The number of hydrogen-bond donors (Lipinski definition) is 2. The van der Waals surface area contributed by atoms with Crippen molar-refractivity contribution in [1.82, 2.24) is 0 Å². The molecule has 0 fully saturated rings. The van der Waals surface area contributed by atoms with E-state index in [0.29, 0.717) is 5.75 Å². The minimum absolute atomic E-state index is 0.263. The van der Waals surface area contributed by atoms with E-state index in [2.05, 4.69) is 0 Å². The second-order valence-electron chi connectivity index (χ2n) is 4.38. The van der Waals surface area contributed by atoms with Crippen molar-refractivity contribution < 1.29 is 10.2 Å². The van der Waals surface area contributed by atoms with Crippen LogP contribution in [0.1, 0.15) is 16.7 Å². The lowest BCUT2D eigenvalue weighted by molar-refractivity contribution is 0.470. The molecule has 0 aromatic heterocycles. The highest BCUT2D eigenvalue weighted by atomic mass is 16.3. The van der Waals surface area contributed by atoms with Crippen molar-refractivity contribution >= 4 is 0 Å². The first kappa shape index (κ1) is 11.5. The highest BCUT2D eigenvalue weighted by Gasteiger charge is 2.11. The van der Waals surface area contributed by atoms with Crippen LogP contribution in [0, 0.1) is 20.8 Å². The van der Waals surface area contributed by atoms with Gasteiger partial charge in [-0.15, -0.1) is 0 Å². The van der Waals surface area contributed by atoms with Crippen molar-refractivity contribution in [3.8, 4) is 22.6 Å². The summed E-state index contributed by atoms with van der Waals surface area (Å²) < 4.78 is 0. The van der Waals surface area contributed by atoms with Crippen molar-refractivity contribution in [2.24, 2.45) is 0 Å². The van der Waals surface area contributed by atoms with E-state index in [1.54, 1.807) is 18.2 Å². The molecule has 0 aliphatic carbocycles. The fourth-order valence-corrected chi connectivity index (χ4v) is 2.13. The van der Waals surface area contributed by atoms with Gasteiger partial charge in [0.15, 0.2) is 0 Å². The predicted octanol–water partition coefficient (Wildman–Crippen LogP) is 3.69. The molecule has 2 aromatic rings. The van der Waals surface area contributed by atoms with E-state index in [4.69, 9.17) is 0 Å². The molecule has 2 rings (SSSR count). The number of phenolic OH excluding ortho intramolecular Hbond substituents is 2. The molecule has 2 aromatic carbocycles. The molecule has 0 saturated carbocycles. The van der Waals surface area contributed by atoms with Crippen molar-refractivity contribution in [3.05, 3.63) is 47.0 Å². The number of phenols is 2. The van der Waals surface area contributed by atoms with Gasteiger partial charge in [0.25, 0.3) is 0 Å². The van der Waals surface area contributed by atoms with Gasteiger partial charge in [-0.25, -0.2) is 0 Å². The average Bonchev–Trinajstić information content (AvgIpc) is 2.29. The van der Waals surface area contributed by atoms with Crippen LogP contribution in [0.2, 0.25) is 0 Å². The van der Waals surface area contributed by atoms with Crippen molar-refractivity contribution in [2.45, 2.75) is 20.8 Å².